The maximum Gasteiger partial charge on any atom is 0.410 e. The number of likely N-dealkylation sites (tertiary alicyclic amines) is 1. The van der Waals surface area contributed by atoms with E-state index in [-0.39, 0.29) is 24.6 Å². The molecule has 0 saturated carbocycles. The van der Waals surface area contributed by atoms with E-state index in [1.165, 1.54) is 0 Å². The van der Waals surface area contributed by atoms with Gasteiger partial charge in [0.25, 0.3) is 5.91 Å². The molecule has 1 saturated heterocycles. The maximum absolute atomic E-state index is 13.9. The van der Waals surface area contributed by atoms with Gasteiger partial charge in [0, 0.05) is 74.1 Å². The minimum absolute atomic E-state index is 0.221. The number of H-pyrrole nitrogens is 1. The summed E-state index contributed by atoms with van der Waals surface area (Å²) in [5.74, 6) is 1.39. The number of fused-ring (bicyclic) bond motifs is 1. The SMILES string of the molecule is CC(C)(C)OC(=O)N1CCC(Nc2cccc(C(=O)N[C@H]3CCOc4ccc(OCCCCCOCCCOCC(=O)O)cc43)c2)(c2nc(-c3ccncc3)n[nH]2)CC1. The molecule has 16 heteroatoms. The number of piperidine rings is 1. The Labute approximate surface area is 344 Å². The van der Waals surface area contributed by atoms with Crippen molar-refractivity contribution in [2.24, 2.45) is 0 Å². The van der Waals surface area contributed by atoms with E-state index < -0.39 is 17.1 Å². The Balaban J connectivity index is 1.06. The molecule has 59 heavy (non-hydrogen) atoms. The average molecular weight is 814 g/mol. The Morgan fingerprint density at radius 3 is 2.49 bits per heavy atom. The molecule has 2 aliphatic rings. The second-order valence-electron chi connectivity index (χ2n) is 15.7. The molecule has 0 bridgehead atoms. The number of amides is 2. The van der Waals surface area contributed by atoms with Gasteiger partial charge in [-0.1, -0.05) is 6.07 Å². The number of aromatic nitrogens is 4. The fraction of sp³-hybridized carbons (Fsp3) is 0.488. The number of unbranched alkanes of at least 4 members (excludes halogenated alkanes) is 2. The quantitative estimate of drug-likeness (QED) is 0.0748. The van der Waals surface area contributed by atoms with Crippen LogP contribution in [0.3, 0.4) is 0 Å². The number of benzene rings is 2. The molecule has 2 aromatic heterocycles. The Morgan fingerprint density at radius 2 is 1.71 bits per heavy atom. The molecule has 6 rings (SSSR count). The molecule has 0 aliphatic carbocycles. The molecule has 16 nitrogen and oxygen atoms in total. The number of pyridine rings is 1. The molecular weight excluding hydrogens is 759 g/mol. The van der Waals surface area contributed by atoms with Crippen LogP contribution in [0.25, 0.3) is 11.4 Å². The van der Waals surface area contributed by atoms with Gasteiger partial charge in [0.2, 0.25) is 0 Å². The van der Waals surface area contributed by atoms with Gasteiger partial charge in [0.15, 0.2) is 11.6 Å². The molecule has 0 unspecified atom stereocenters. The zero-order valence-corrected chi connectivity index (χ0v) is 34.0. The third kappa shape index (κ3) is 12.4. The zero-order chi connectivity index (χ0) is 41.7. The number of nitrogens with zero attached hydrogens (tertiary/aromatic N) is 4. The van der Waals surface area contributed by atoms with Crippen LogP contribution < -0.4 is 20.1 Å². The number of carbonyl (C=O) groups excluding carboxylic acids is 2. The second-order valence-corrected chi connectivity index (χ2v) is 15.7. The molecule has 4 N–H and O–H groups in total. The summed E-state index contributed by atoms with van der Waals surface area (Å²) in [5.41, 5.74) is 1.57. The van der Waals surface area contributed by atoms with Crippen molar-refractivity contribution in [3.8, 4) is 22.9 Å². The first kappa shape index (κ1) is 42.9. The molecule has 0 spiro atoms. The van der Waals surface area contributed by atoms with E-state index in [0.29, 0.717) is 101 Å². The predicted octanol–water partition coefficient (Wildman–Crippen LogP) is 6.52. The number of hydrogen-bond acceptors (Lipinski definition) is 12. The van der Waals surface area contributed by atoms with Crippen molar-refractivity contribution in [1.82, 2.24) is 30.4 Å². The monoisotopic (exact) mass is 813 g/mol. The highest BCUT2D eigenvalue weighted by Crippen LogP contribution is 2.37. The zero-order valence-electron chi connectivity index (χ0n) is 34.0. The van der Waals surface area contributed by atoms with E-state index in [4.69, 9.17) is 33.8 Å². The highest BCUT2D eigenvalue weighted by molar-refractivity contribution is 5.95. The van der Waals surface area contributed by atoms with Crippen LogP contribution in [0.4, 0.5) is 10.5 Å². The number of rotatable bonds is 19. The van der Waals surface area contributed by atoms with Crippen LogP contribution in [0.1, 0.15) is 93.5 Å². The minimum atomic E-state index is -0.974. The third-order valence-corrected chi connectivity index (χ3v) is 9.98. The number of carbonyl (C=O) groups is 3. The van der Waals surface area contributed by atoms with Crippen LogP contribution in [-0.2, 0) is 24.5 Å². The standard InChI is InChI=1S/C43H55N7O9/c1-42(2,3)59-41(54)50-20-16-43(17-21-50,40-46-38(48-49-40)30-13-18-44-19-14-30)47-32-10-7-9-31(27-32)39(53)45-35-15-26-58-36-12-11-33(28-34(35)36)57-25-6-4-5-22-55-23-8-24-56-29-37(51)52/h7,9-14,18-19,27-28,35,47H,4-6,8,15-17,20-26,29H2,1-3H3,(H,45,53)(H,51,52)(H,46,48,49)/t35-/m0/s1. The van der Waals surface area contributed by atoms with Gasteiger partial charge in [0.05, 0.1) is 19.3 Å². The molecule has 316 valence electrons. The van der Waals surface area contributed by atoms with Crippen molar-refractivity contribution in [3.63, 3.8) is 0 Å². The number of carboxylic acid groups (broad SMARTS) is 1. The van der Waals surface area contributed by atoms with E-state index in [9.17, 15) is 14.4 Å². The van der Waals surface area contributed by atoms with Gasteiger partial charge in [-0.15, -0.1) is 0 Å². The van der Waals surface area contributed by atoms with Crippen molar-refractivity contribution >= 4 is 23.7 Å². The van der Waals surface area contributed by atoms with Crippen molar-refractivity contribution in [2.75, 3.05) is 58.0 Å². The van der Waals surface area contributed by atoms with Crippen molar-refractivity contribution < 1.29 is 43.2 Å². The number of carboxylic acids is 1. The van der Waals surface area contributed by atoms with Crippen molar-refractivity contribution in [3.05, 3.63) is 83.9 Å². The Morgan fingerprint density at radius 1 is 0.949 bits per heavy atom. The lowest BCUT2D eigenvalue weighted by Crippen LogP contribution is -2.50. The van der Waals surface area contributed by atoms with Gasteiger partial charge in [-0.3, -0.25) is 14.9 Å². The highest BCUT2D eigenvalue weighted by atomic mass is 16.6. The van der Waals surface area contributed by atoms with Crippen LogP contribution in [0.2, 0.25) is 0 Å². The van der Waals surface area contributed by atoms with Gasteiger partial charge >= 0.3 is 12.1 Å². The van der Waals surface area contributed by atoms with Crippen LogP contribution in [0.15, 0.2) is 67.0 Å². The van der Waals surface area contributed by atoms with Gasteiger partial charge in [-0.2, -0.15) is 5.10 Å². The predicted molar refractivity (Wildman–Crippen MR) is 218 cm³/mol. The van der Waals surface area contributed by atoms with E-state index >= 15 is 0 Å². The van der Waals surface area contributed by atoms with Gasteiger partial charge in [0.1, 0.15) is 29.2 Å². The third-order valence-electron chi connectivity index (χ3n) is 9.98. The van der Waals surface area contributed by atoms with Gasteiger partial charge in [-0.05, 0) is 108 Å². The number of hydrogen-bond donors (Lipinski definition) is 4. The highest BCUT2D eigenvalue weighted by Gasteiger charge is 2.41. The number of aliphatic carboxylic acids is 1. The summed E-state index contributed by atoms with van der Waals surface area (Å²) in [4.78, 5) is 48.1. The lowest BCUT2D eigenvalue weighted by atomic mass is 9.86. The van der Waals surface area contributed by atoms with E-state index in [1.807, 2.05) is 69.3 Å². The second kappa shape index (κ2) is 20.3. The summed E-state index contributed by atoms with van der Waals surface area (Å²) >= 11 is 0. The summed E-state index contributed by atoms with van der Waals surface area (Å²) in [6.07, 6.45) is 8.00. The number of aromatic amines is 1. The summed E-state index contributed by atoms with van der Waals surface area (Å²) in [6.45, 7) is 8.65. The first-order valence-corrected chi connectivity index (χ1v) is 20.3. The van der Waals surface area contributed by atoms with Crippen molar-refractivity contribution in [1.29, 1.82) is 0 Å². The molecule has 2 amide bonds. The average Bonchev–Trinajstić information content (AvgIpc) is 3.73. The normalized spacial score (nSPS) is 16.1. The number of nitrogens with one attached hydrogen (secondary N) is 3. The van der Waals surface area contributed by atoms with Crippen LogP contribution in [0.5, 0.6) is 11.5 Å². The van der Waals surface area contributed by atoms with Gasteiger partial charge in [-0.25, -0.2) is 14.6 Å². The molecular formula is C43H55N7O9. The Bertz CT molecular complexity index is 1990. The smallest absolute Gasteiger partial charge is 0.410 e. The minimum Gasteiger partial charge on any atom is -0.494 e. The van der Waals surface area contributed by atoms with Gasteiger partial charge < -0.3 is 44.3 Å². The van der Waals surface area contributed by atoms with Crippen LogP contribution in [0, 0.1) is 0 Å². The van der Waals surface area contributed by atoms with Crippen LogP contribution in [-0.4, -0.2) is 106 Å². The molecule has 4 aromatic rings. The molecule has 1 atom stereocenters. The Kier molecular flexibility index (Phi) is 14.7. The number of anilines is 1. The lowest BCUT2D eigenvalue weighted by Gasteiger charge is -2.41. The lowest BCUT2D eigenvalue weighted by molar-refractivity contribution is -0.142. The summed E-state index contributed by atoms with van der Waals surface area (Å²) in [5, 5.41) is 23.2. The summed E-state index contributed by atoms with van der Waals surface area (Å²) in [6, 6.07) is 16.5. The first-order valence-electron chi connectivity index (χ1n) is 20.3. The largest absolute Gasteiger partial charge is 0.494 e. The van der Waals surface area contributed by atoms with E-state index in [1.54, 1.807) is 23.4 Å². The van der Waals surface area contributed by atoms with E-state index in [0.717, 1.165) is 36.1 Å². The fourth-order valence-corrected chi connectivity index (χ4v) is 6.99. The molecule has 4 heterocycles. The molecule has 0 radical (unpaired) electrons. The molecule has 1 fully saturated rings. The molecule has 2 aromatic carbocycles. The number of ether oxygens (including phenoxy) is 5. The summed E-state index contributed by atoms with van der Waals surface area (Å²) in [7, 11) is 0. The van der Waals surface area contributed by atoms with Crippen molar-refractivity contribution in [2.45, 2.75) is 82.9 Å². The fourth-order valence-electron chi connectivity index (χ4n) is 6.99. The molecule has 2 aliphatic heterocycles. The topological polar surface area (TPSA) is 199 Å². The summed E-state index contributed by atoms with van der Waals surface area (Å²) < 4.78 is 28.3. The maximum atomic E-state index is 13.9. The first-order chi connectivity index (χ1) is 28.5. The van der Waals surface area contributed by atoms with E-state index in [2.05, 4.69) is 25.8 Å². The Hall–Kier alpha value is -5.74. The van der Waals surface area contributed by atoms with Crippen LogP contribution >= 0.6 is 0 Å².